The number of nitro groups is 1. The number of aromatic amines is 1. The maximum absolute atomic E-state index is 14.7. The third-order valence-electron chi connectivity index (χ3n) is 15.6. The van der Waals surface area contributed by atoms with E-state index in [-0.39, 0.29) is 57.9 Å². The maximum Gasteiger partial charge on any atom is 0.297 e. The Labute approximate surface area is 401 Å². The summed E-state index contributed by atoms with van der Waals surface area (Å²) in [5.41, 5.74) is 2.82. The minimum absolute atomic E-state index is 0.0154. The minimum Gasteiger partial charge on any atom is -0.489 e. The van der Waals surface area contributed by atoms with Crippen LogP contribution >= 0.6 is 0 Å². The number of nitrogens with one attached hydrogen (secondary N) is 3. The van der Waals surface area contributed by atoms with Crippen molar-refractivity contribution < 1.29 is 37.1 Å². The molecule has 18 heteroatoms. The van der Waals surface area contributed by atoms with Gasteiger partial charge in [-0.3, -0.25) is 19.8 Å². The second kappa shape index (κ2) is 18.2. The van der Waals surface area contributed by atoms with E-state index in [9.17, 15) is 32.8 Å². The summed E-state index contributed by atoms with van der Waals surface area (Å²) in [6.45, 7) is 12.2. The van der Waals surface area contributed by atoms with Gasteiger partial charge in [-0.25, -0.2) is 22.5 Å². The molecule has 4 aliphatic heterocycles. The lowest BCUT2D eigenvalue weighted by Gasteiger charge is -2.59. The van der Waals surface area contributed by atoms with Crippen LogP contribution in [0, 0.1) is 27.3 Å². The Bertz CT molecular complexity index is 2880. The topological polar surface area (TPSA) is 195 Å². The Morgan fingerprint density at radius 1 is 1.04 bits per heavy atom. The molecule has 3 saturated heterocycles. The van der Waals surface area contributed by atoms with Crippen molar-refractivity contribution in [3.8, 4) is 17.2 Å². The van der Waals surface area contributed by atoms with Crippen LogP contribution in [0.5, 0.6) is 17.2 Å². The van der Waals surface area contributed by atoms with Crippen LogP contribution in [0.4, 0.5) is 21.5 Å². The number of hydrogen-bond acceptors (Lipinski definition) is 13. The number of ether oxygens (including phenoxy) is 2. The fourth-order valence-corrected chi connectivity index (χ4v) is 12.6. The molecule has 1 spiro atoms. The summed E-state index contributed by atoms with van der Waals surface area (Å²) in [5, 5.41) is 26.3. The highest BCUT2D eigenvalue weighted by atomic mass is 32.2. The Hall–Kier alpha value is -5.82. The number of piperidine rings is 2. The van der Waals surface area contributed by atoms with Gasteiger partial charge in [-0.15, -0.1) is 0 Å². The van der Waals surface area contributed by atoms with Crippen molar-refractivity contribution in [2.75, 3.05) is 63.1 Å². The van der Waals surface area contributed by atoms with E-state index in [0.717, 1.165) is 70.3 Å². The van der Waals surface area contributed by atoms with Crippen molar-refractivity contribution in [1.82, 2.24) is 24.5 Å². The van der Waals surface area contributed by atoms with Crippen molar-refractivity contribution in [2.24, 2.45) is 11.3 Å². The van der Waals surface area contributed by atoms with Gasteiger partial charge in [0, 0.05) is 74.8 Å². The fourth-order valence-electron chi connectivity index (χ4n) is 11.6. The van der Waals surface area contributed by atoms with Crippen LogP contribution in [0.3, 0.4) is 0 Å². The third kappa shape index (κ3) is 9.35. The number of nitro benzene ring substituents is 1. The first-order valence-electron chi connectivity index (χ1n) is 24.2. The summed E-state index contributed by atoms with van der Waals surface area (Å²) in [6, 6.07) is 17.6. The number of carbonyl (C=O) groups is 1. The zero-order valence-corrected chi connectivity index (χ0v) is 40.4. The van der Waals surface area contributed by atoms with Crippen LogP contribution in [-0.2, 0) is 10.0 Å². The van der Waals surface area contributed by atoms with Crippen molar-refractivity contribution in [3.05, 3.63) is 106 Å². The van der Waals surface area contributed by atoms with Crippen LogP contribution in [-0.4, -0.2) is 115 Å². The molecule has 0 unspecified atom stereocenters. The lowest BCUT2D eigenvalue weighted by molar-refractivity contribution is -0.384. The Morgan fingerprint density at radius 2 is 1.80 bits per heavy atom. The number of amides is 1. The summed E-state index contributed by atoms with van der Waals surface area (Å²) >= 11 is 0. The van der Waals surface area contributed by atoms with E-state index in [1.807, 2.05) is 0 Å². The highest BCUT2D eigenvalue weighted by molar-refractivity contribution is 7.90. The van der Waals surface area contributed by atoms with Gasteiger partial charge in [-0.2, -0.15) is 0 Å². The van der Waals surface area contributed by atoms with E-state index >= 15 is 0 Å². The van der Waals surface area contributed by atoms with Gasteiger partial charge in [-0.05, 0) is 112 Å². The largest absolute Gasteiger partial charge is 0.489 e. The summed E-state index contributed by atoms with van der Waals surface area (Å²) in [5.74, 6) is -0.489. The van der Waals surface area contributed by atoms with E-state index in [1.165, 1.54) is 41.7 Å². The average molecular weight is 965 g/mol. The van der Waals surface area contributed by atoms with Crippen LogP contribution in [0.25, 0.3) is 11.0 Å². The van der Waals surface area contributed by atoms with Crippen molar-refractivity contribution >= 4 is 44.0 Å². The smallest absolute Gasteiger partial charge is 0.297 e. The average Bonchev–Trinajstić information content (AvgIpc) is 3.69. The second-order valence-electron chi connectivity index (χ2n) is 20.8. The number of aliphatic hydroxyl groups is 1. The van der Waals surface area contributed by atoms with Gasteiger partial charge in [0.2, 0.25) is 0 Å². The number of hydrogen-bond donors (Lipinski definition) is 4. The van der Waals surface area contributed by atoms with Gasteiger partial charge in [-0.1, -0.05) is 38.1 Å². The number of halogens is 1. The molecular formula is C51H61FN8O8S. The lowest BCUT2D eigenvalue weighted by Crippen LogP contribution is -2.65. The molecule has 6 heterocycles. The fraction of sp³-hybridized carbons (Fsp3) is 0.490. The molecule has 0 bridgehead atoms. The number of nitrogens with zero attached hydrogens (tertiary/aromatic N) is 5. The zero-order valence-electron chi connectivity index (χ0n) is 39.5. The molecule has 3 aromatic carbocycles. The number of sulfonamides is 1. The van der Waals surface area contributed by atoms with E-state index < -0.39 is 42.9 Å². The molecule has 5 aromatic rings. The minimum atomic E-state index is -4.72. The molecule has 1 aliphatic carbocycles. The molecular weight excluding hydrogens is 904 g/mol. The highest BCUT2D eigenvalue weighted by Crippen LogP contribution is 2.47. The van der Waals surface area contributed by atoms with Gasteiger partial charge in [0.15, 0.2) is 11.4 Å². The first-order valence-corrected chi connectivity index (χ1v) is 25.7. The van der Waals surface area contributed by atoms with E-state index in [0.29, 0.717) is 49.2 Å². The number of carbonyl (C=O) groups excluding carboxylic acids is 1. The Morgan fingerprint density at radius 3 is 2.54 bits per heavy atom. The van der Waals surface area contributed by atoms with Crippen LogP contribution < -0.4 is 24.4 Å². The molecule has 69 heavy (non-hydrogen) atoms. The monoisotopic (exact) mass is 964 g/mol. The number of anilines is 2. The van der Waals surface area contributed by atoms with Gasteiger partial charge < -0.3 is 34.7 Å². The lowest BCUT2D eigenvalue weighted by atomic mass is 9.69. The molecule has 1 amide bonds. The summed E-state index contributed by atoms with van der Waals surface area (Å²) in [6.07, 6.45) is 8.21. The molecule has 16 nitrogen and oxygen atoms in total. The molecule has 5 aliphatic rings. The normalized spacial score (nSPS) is 25.1. The number of aromatic nitrogens is 2. The standard InChI is InChI=1S/C51H61FN8O8S/c1-31(2)36-7-5-6-8-37(36)40-27-57(4)18-13-43(40)59-29-51(30-59)16-19-58(20-17-51)33-9-10-38(45(21-33)68-34-22-39-41(52)26-54-48(39)53-25-34)49(61)56-69(65,66)35-23-44(60(63)64)47-46(24-35)67-28-42(55-47)32-11-14-50(3,62)15-12-32/h5-10,21-26,31-32,40,42-43,55,62H,11-20,27-30H2,1-4H3,(H,53,54)(H,56,61)/t32?,40-,42-,43-,50?/m1/s1. The van der Waals surface area contributed by atoms with Gasteiger partial charge >= 0.3 is 0 Å². The quantitative estimate of drug-likeness (QED) is 0.0732. The number of H-pyrrole nitrogens is 1. The predicted molar refractivity (Wildman–Crippen MR) is 260 cm³/mol. The van der Waals surface area contributed by atoms with Crippen molar-refractivity contribution in [2.45, 2.75) is 100 Å². The molecule has 1 saturated carbocycles. The third-order valence-corrected chi connectivity index (χ3v) is 16.9. The summed E-state index contributed by atoms with van der Waals surface area (Å²) in [7, 11) is -2.49. The number of likely N-dealkylation sites (tertiary alicyclic amines) is 2. The van der Waals surface area contributed by atoms with Crippen LogP contribution in [0.1, 0.15) is 99.0 Å². The van der Waals surface area contributed by atoms with Gasteiger partial charge in [0.25, 0.3) is 21.6 Å². The van der Waals surface area contributed by atoms with E-state index in [1.54, 1.807) is 19.1 Å². The Kier molecular flexibility index (Phi) is 12.3. The molecule has 3 atom stereocenters. The van der Waals surface area contributed by atoms with Gasteiger partial charge in [0.1, 0.15) is 29.6 Å². The summed E-state index contributed by atoms with van der Waals surface area (Å²) in [4.78, 5) is 39.8. The number of likely N-dealkylation sites (N-methyl/N-ethyl adjacent to an activating group) is 1. The highest BCUT2D eigenvalue weighted by Gasteiger charge is 2.49. The van der Waals surface area contributed by atoms with E-state index in [2.05, 4.69) is 79.9 Å². The molecule has 366 valence electrons. The van der Waals surface area contributed by atoms with Crippen molar-refractivity contribution in [3.63, 3.8) is 0 Å². The predicted octanol–water partition coefficient (Wildman–Crippen LogP) is 8.15. The zero-order chi connectivity index (χ0) is 48.4. The molecule has 0 radical (unpaired) electrons. The number of benzene rings is 3. The number of pyridine rings is 1. The van der Waals surface area contributed by atoms with Crippen LogP contribution in [0.15, 0.2) is 78.0 Å². The van der Waals surface area contributed by atoms with Gasteiger partial charge in [0.05, 0.1) is 38.6 Å². The molecule has 4 fully saturated rings. The van der Waals surface area contributed by atoms with Crippen LogP contribution in [0.2, 0.25) is 0 Å². The van der Waals surface area contributed by atoms with Crippen molar-refractivity contribution in [1.29, 1.82) is 0 Å². The Balaban J connectivity index is 0.865. The first kappa shape index (κ1) is 46.9. The first-order chi connectivity index (χ1) is 32.9. The number of fused-ring (bicyclic) bond motifs is 2. The van der Waals surface area contributed by atoms with E-state index in [4.69, 9.17) is 9.47 Å². The maximum atomic E-state index is 14.7. The number of rotatable bonds is 11. The second-order valence-corrected chi connectivity index (χ2v) is 22.5. The molecule has 4 N–H and O–H groups in total. The molecule has 2 aromatic heterocycles. The summed E-state index contributed by atoms with van der Waals surface area (Å²) < 4.78 is 57.0. The molecule has 10 rings (SSSR count). The SMILES string of the molecule is CC(C)c1ccccc1[C@H]1CN(C)CC[C@H]1N1CC2(CCN(c3ccc(C(=O)NS(=O)(=O)c4cc5c(c([N+](=O)[O-])c4)N[C@@H](C4CCC(C)(O)CC4)CO5)c(Oc4cnc5[nH]cc(F)c5c4)c3)CC2)C1.